The van der Waals surface area contributed by atoms with Crippen LogP contribution >= 0.6 is 11.5 Å². The molecule has 1 amide bonds. The molecule has 0 aliphatic carbocycles. The zero-order valence-corrected chi connectivity index (χ0v) is 9.11. The number of sulfone groups is 1. The van der Waals surface area contributed by atoms with Crippen LogP contribution < -0.4 is 10.5 Å². The van der Waals surface area contributed by atoms with Gasteiger partial charge in [0.2, 0.25) is 5.88 Å². The van der Waals surface area contributed by atoms with E-state index in [1.54, 1.807) is 0 Å². The number of nitrogens with two attached hydrogens (primary N) is 1. The normalized spacial score (nSPS) is 11.3. The molecule has 0 spiro atoms. The molecular weight excluding hydrogens is 228 g/mol. The van der Waals surface area contributed by atoms with Crippen LogP contribution in [0.25, 0.3) is 0 Å². The molecule has 1 rings (SSSR count). The van der Waals surface area contributed by atoms with Gasteiger partial charge in [-0.05, 0) is 11.5 Å². The van der Waals surface area contributed by atoms with Gasteiger partial charge in [0.05, 0.1) is 7.11 Å². The van der Waals surface area contributed by atoms with E-state index in [4.69, 9.17) is 10.5 Å². The predicted molar refractivity (Wildman–Crippen MR) is 50.3 cm³/mol. The molecule has 0 unspecified atom stereocenters. The van der Waals surface area contributed by atoms with Crippen molar-refractivity contribution in [3.8, 4) is 5.88 Å². The first kappa shape index (κ1) is 10.9. The Morgan fingerprint density at radius 1 is 1.57 bits per heavy atom. The quantitative estimate of drug-likeness (QED) is 0.773. The fraction of sp³-hybridized carbons (Fsp3) is 0.333. The lowest BCUT2D eigenvalue weighted by atomic mass is 10.3. The molecule has 2 N–H and O–H groups in total. The Labute approximate surface area is 84.8 Å². The van der Waals surface area contributed by atoms with Gasteiger partial charge in [0.15, 0.2) is 14.0 Å². The van der Waals surface area contributed by atoms with Crippen LogP contribution in [0.2, 0.25) is 0 Å². The highest BCUT2D eigenvalue weighted by Crippen LogP contribution is 2.28. The average Bonchev–Trinajstić information content (AvgIpc) is 2.45. The van der Waals surface area contributed by atoms with Gasteiger partial charge in [-0.25, -0.2) is 8.42 Å². The summed E-state index contributed by atoms with van der Waals surface area (Å²) in [5.74, 6) is -0.918. The van der Waals surface area contributed by atoms with E-state index in [1.165, 1.54) is 7.11 Å². The Morgan fingerprint density at radius 2 is 2.14 bits per heavy atom. The van der Waals surface area contributed by atoms with E-state index in [-0.39, 0.29) is 15.7 Å². The molecule has 1 aromatic heterocycles. The molecule has 0 aromatic carbocycles. The van der Waals surface area contributed by atoms with E-state index in [0.29, 0.717) is 11.5 Å². The lowest BCUT2D eigenvalue weighted by Crippen LogP contribution is -2.14. The smallest absolute Gasteiger partial charge is 0.256 e. The van der Waals surface area contributed by atoms with Gasteiger partial charge < -0.3 is 10.5 Å². The number of aromatic nitrogens is 1. The molecule has 78 valence electrons. The molecule has 14 heavy (non-hydrogen) atoms. The minimum absolute atomic E-state index is 0.0528. The van der Waals surface area contributed by atoms with E-state index >= 15 is 0 Å². The first-order valence-electron chi connectivity index (χ1n) is 3.41. The van der Waals surface area contributed by atoms with Crippen LogP contribution in [0.3, 0.4) is 0 Å². The third-order valence-electron chi connectivity index (χ3n) is 1.41. The van der Waals surface area contributed by atoms with E-state index in [1.807, 2.05) is 0 Å². The number of rotatable bonds is 3. The number of methoxy groups -OCH3 is 1. The second-order valence-corrected chi connectivity index (χ2v) is 5.48. The number of carbonyl (C=O) groups is 1. The van der Waals surface area contributed by atoms with Crippen LogP contribution in [0.15, 0.2) is 4.21 Å². The topological polar surface area (TPSA) is 99.3 Å². The Kier molecular flexibility index (Phi) is 2.76. The summed E-state index contributed by atoms with van der Waals surface area (Å²) in [6, 6.07) is 0. The number of carbonyl (C=O) groups excluding carboxylic acids is 1. The summed E-state index contributed by atoms with van der Waals surface area (Å²) in [7, 11) is -2.21. The van der Waals surface area contributed by atoms with Crippen molar-refractivity contribution in [1.82, 2.24) is 4.37 Å². The molecule has 1 aromatic rings. The predicted octanol–water partition coefficient (Wildman–Crippen LogP) is -0.346. The van der Waals surface area contributed by atoms with Crippen LogP contribution in [-0.2, 0) is 9.84 Å². The summed E-state index contributed by atoms with van der Waals surface area (Å²) in [6.07, 6.45) is 0.979. The van der Waals surface area contributed by atoms with Crippen molar-refractivity contribution in [2.75, 3.05) is 13.4 Å². The van der Waals surface area contributed by atoms with Crippen molar-refractivity contribution in [2.24, 2.45) is 5.73 Å². The van der Waals surface area contributed by atoms with Crippen molar-refractivity contribution in [3.63, 3.8) is 0 Å². The summed E-state index contributed by atoms with van der Waals surface area (Å²) in [5.41, 5.74) is 4.83. The third-order valence-corrected chi connectivity index (χ3v) is 4.04. The van der Waals surface area contributed by atoms with Crippen LogP contribution in [0.1, 0.15) is 10.4 Å². The molecule has 0 saturated carbocycles. The van der Waals surface area contributed by atoms with Crippen molar-refractivity contribution in [1.29, 1.82) is 0 Å². The Hall–Kier alpha value is -1.15. The fourth-order valence-corrected chi connectivity index (χ4v) is 2.68. The van der Waals surface area contributed by atoms with Crippen LogP contribution in [0.5, 0.6) is 5.88 Å². The molecular formula is C6H8N2O4S2. The summed E-state index contributed by atoms with van der Waals surface area (Å²) in [6.45, 7) is 0. The maximum absolute atomic E-state index is 11.2. The minimum atomic E-state index is -3.49. The minimum Gasteiger partial charge on any atom is -0.480 e. The van der Waals surface area contributed by atoms with Gasteiger partial charge in [-0.3, -0.25) is 4.79 Å². The summed E-state index contributed by atoms with van der Waals surface area (Å²) < 4.78 is 30.6. The van der Waals surface area contributed by atoms with Gasteiger partial charge in [0.25, 0.3) is 5.91 Å². The van der Waals surface area contributed by atoms with E-state index < -0.39 is 15.7 Å². The Bertz CT molecular complexity index is 462. The second-order valence-electron chi connectivity index (χ2n) is 2.49. The van der Waals surface area contributed by atoms with Crippen LogP contribution in [-0.4, -0.2) is 32.1 Å². The zero-order valence-electron chi connectivity index (χ0n) is 7.47. The third kappa shape index (κ3) is 1.85. The average molecular weight is 236 g/mol. The Morgan fingerprint density at radius 3 is 2.50 bits per heavy atom. The molecule has 1 heterocycles. The highest BCUT2D eigenvalue weighted by atomic mass is 32.2. The maximum Gasteiger partial charge on any atom is 0.256 e. The van der Waals surface area contributed by atoms with Crippen molar-refractivity contribution < 1.29 is 17.9 Å². The van der Waals surface area contributed by atoms with Gasteiger partial charge in [-0.2, -0.15) is 4.37 Å². The standard InChI is InChI=1S/C6H8N2O4S2/c1-12-5-3(4(7)9)6(13-8-5)14(2,10)11/h1-2H3,(H2,7,9). The summed E-state index contributed by atoms with van der Waals surface area (Å²) in [5, 5.41) is 0. The lowest BCUT2D eigenvalue weighted by Gasteiger charge is -1.98. The molecule has 0 aliphatic rings. The number of amides is 1. The molecule has 0 fully saturated rings. The second kappa shape index (κ2) is 3.54. The number of hydrogen-bond acceptors (Lipinski definition) is 6. The van der Waals surface area contributed by atoms with Crippen molar-refractivity contribution in [2.45, 2.75) is 4.21 Å². The fourth-order valence-electron chi connectivity index (χ4n) is 0.860. The SMILES string of the molecule is COc1nsc(S(C)(=O)=O)c1C(N)=O. The van der Waals surface area contributed by atoms with E-state index in [0.717, 1.165) is 6.26 Å². The number of ether oxygens (including phenoxy) is 1. The maximum atomic E-state index is 11.2. The summed E-state index contributed by atoms with van der Waals surface area (Å²) in [4.78, 5) is 11.0. The molecule has 0 saturated heterocycles. The molecule has 0 radical (unpaired) electrons. The highest BCUT2D eigenvalue weighted by molar-refractivity contribution is 7.92. The van der Waals surface area contributed by atoms with Gasteiger partial charge in [0, 0.05) is 6.26 Å². The van der Waals surface area contributed by atoms with Gasteiger partial charge in [-0.15, -0.1) is 0 Å². The van der Waals surface area contributed by atoms with Gasteiger partial charge in [0.1, 0.15) is 5.56 Å². The van der Waals surface area contributed by atoms with E-state index in [2.05, 4.69) is 4.37 Å². The lowest BCUT2D eigenvalue weighted by molar-refractivity contribution is 0.0994. The van der Waals surface area contributed by atoms with Crippen LogP contribution in [0.4, 0.5) is 0 Å². The van der Waals surface area contributed by atoms with Crippen molar-refractivity contribution in [3.05, 3.63) is 5.56 Å². The molecule has 0 bridgehead atoms. The number of primary amides is 1. The Balaban J connectivity index is 3.48. The highest BCUT2D eigenvalue weighted by Gasteiger charge is 2.25. The number of nitrogens with zero attached hydrogens (tertiary/aromatic N) is 1. The molecule has 6 nitrogen and oxygen atoms in total. The molecule has 0 atom stereocenters. The first-order chi connectivity index (χ1) is 6.38. The zero-order chi connectivity index (χ0) is 10.9. The van der Waals surface area contributed by atoms with Gasteiger partial charge in [-0.1, -0.05) is 0 Å². The van der Waals surface area contributed by atoms with Crippen LogP contribution in [0, 0.1) is 0 Å². The van der Waals surface area contributed by atoms with E-state index in [9.17, 15) is 13.2 Å². The molecule has 8 heteroatoms. The largest absolute Gasteiger partial charge is 0.480 e. The first-order valence-corrected chi connectivity index (χ1v) is 6.08. The monoisotopic (exact) mass is 236 g/mol. The number of hydrogen-bond donors (Lipinski definition) is 1. The van der Waals surface area contributed by atoms with Gasteiger partial charge >= 0.3 is 0 Å². The summed E-state index contributed by atoms with van der Waals surface area (Å²) >= 11 is 0.672. The molecule has 0 aliphatic heterocycles. The van der Waals surface area contributed by atoms with Crippen molar-refractivity contribution >= 4 is 27.3 Å².